The van der Waals surface area contributed by atoms with E-state index < -0.39 is 0 Å². The first-order chi connectivity index (χ1) is 20.6. The van der Waals surface area contributed by atoms with E-state index in [1.165, 1.54) is 23.7 Å². The van der Waals surface area contributed by atoms with Gasteiger partial charge in [0.2, 0.25) is 5.91 Å². The van der Waals surface area contributed by atoms with Crippen LogP contribution < -0.4 is 14.5 Å². The fraction of sp³-hybridized carbons (Fsp3) is 0.562. The first-order valence-corrected chi connectivity index (χ1v) is 15.3. The van der Waals surface area contributed by atoms with Crippen molar-refractivity contribution in [3.05, 3.63) is 53.7 Å². The third-order valence-electron chi connectivity index (χ3n) is 9.33. The van der Waals surface area contributed by atoms with Crippen LogP contribution in [0.2, 0.25) is 0 Å². The molecule has 3 aliphatic heterocycles. The zero-order valence-corrected chi connectivity index (χ0v) is 24.6. The highest BCUT2D eigenvalue weighted by Crippen LogP contribution is 2.36. The molecule has 1 aliphatic carbocycles. The molecule has 0 radical (unpaired) electrons. The van der Waals surface area contributed by atoms with E-state index in [0.29, 0.717) is 57.5 Å². The maximum atomic E-state index is 12.5. The van der Waals surface area contributed by atoms with Gasteiger partial charge >= 0.3 is 6.01 Å². The van der Waals surface area contributed by atoms with Crippen LogP contribution in [0.25, 0.3) is 0 Å². The number of anilines is 2. The first-order valence-electron chi connectivity index (χ1n) is 15.3. The van der Waals surface area contributed by atoms with Gasteiger partial charge in [0.05, 0.1) is 37.4 Å². The number of para-hydroxylation sites is 1. The summed E-state index contributed by atoms with van der Waals surface area (Å²) < 4.78 is 12.2. The molecule has 0 N–H and O–H groups in total. The number of likely N-dealkylation sites (N-methyl/N-ethyl adjacent to an activating group) is 1. The van der Waals surface area contributed by atoms with Crippen molar-refractivity contribution in [2.45, 2.75) is 63.3 Å². The van der Waals surface area contributed by atoms with E-state index in [4.69, 9.17) is 19.4 Å². The number of aromatic nitrogens is 2. The van der Waals surface area contributed by atoms with Gasteiger partial charge in [-0.25, -0.2) is 0 Å². The number of hydrogen-bond donors (Lipinski definition) is 0. The van der Waals surface area contributed by atoms with E-state index in [2.05, 4.69) is 58.7 Å². The Morgan fingerprint density at radius 3 is 2.88 bits per heavy atom. The molecule has 3 atom stereocenters. The van der Waals surface area contributed by atoms with Crippen molar-refractivity contribution in [1.29, 1.82) is 5.26 Å². The van der Waals surface area contributed by atoms with Crippen LogP contribution in [0, 0.1) is 11.3 Å². The van der Waals surface area contributed by atoms with Gasteiger partial charge in [-0.2, -0.15) is 15.2 Å². The Morgan fingerprint density at radius 1 is 1.19 bits per heavy atom. The van der Waals surface area contributed by atoms with E-state index in [1.807, 2.05) is 0 Å². The van der Waals surface area contributed by atoms with Crippen molar-refractivity contribution in [1.82, 2.24) is 19.8 Å². The van der Waals surface area contributed by atoms with Gasteiger partial charge in [0, 0.05) is 61.5 Å². The molecule has 2 fully saturated rings. The molecular weight excluding hydrogens is 530 g/mol. The Bertz CT molecular complexity index is 1340. The van der Waals surface area contributed by atoms with Crippen molar-refractivity contribution in [2.24, 2.45) is 0 Å². The number of piperazine rings is 1. The molecule has 1 unspecified atom stereocenters. The number of carbonyl (C=O) groups is 1. The number of likely N-dealkylation sites (tertiary alicyclic amines) is 1. The van der Waals surface area contributed by atoms with Gasteiger partial charge in [0.1, 0.15) is 12.4 Å². The molecule has 0 bridgehead atoms. The quantitative estimate of drug-likeness (QED) is 0.465. The lowest BCUT2D eigenvalue weighted by molar-refractivity contribution is -0.128. The lowest BCUT2D eigenvalue weighted by Gasteiger charge is -2.42. The van der Waals surface area contributed by atoms with Crippen LogP contribution in [0.4, 0.5) is 11.5 Å². The molecule has 0 saturated carbocycles. The molecule has 2 saturated heterocycles. The summed E-state index contributed by atoms with van der Waals surface area (Å²) in [6.45, 7) is 9.19. The molecule has 1 aromatic heterocycles. The molecule has 42 heavy (non-hydrogen) atoms. The number of ether oxygens (including phenoxy) is 2. The number of nitriles is 1. The monoisotopic (exact) mass is 571 g/mol. The Balaban J connectivity index is 1.30. The van der Waals surface area contributed by atoms with Gasteiger partial charge in [-0.3, -0.25) is 4.79 Å². The van der Waals surface area contributed by atoms with Crippen LogP contribution >= 0.6 is 0 Å². The summed E-state index contributed by atoms with van der Waals surface area (Å²) in [6, 6.07) is 11.7. The summed E-state index contributed by atoms with van der Waals surface area (Å²) in [7, 11) is 2.15. The first kappa shape index (κ1) is 28.4. The minimum atomic E-state index is -0.221. The summed E-state index contributed by atoms with van der Waals surface area (Å²) >= 11 is 0. The van der Waals surface area contributed by atoms with E-state index in [-0.39, 0.29) is 18.4 Å². The maximum absolute atomic E-state index is 12.5. The average molecular weight is 572 g/mol. The molecule has 0 spiro atoms. The van der Waals surface area contributed by atoms with Gasteiger partial charge in [-0.1, -0.05) is 24.8 Å². The zero-order chi connectivity index (χ0) is 29.1. The third-order valence-corrected chi connectivity index (χ3v) is 9.33. The number of amides is 1. The summed E-state index contributed by atoms with van der Waals surface area (Å²) in [6.07, 6.45) is 6.54. The van der Waals surface area contributed by atoms with Gasteiger partial charge < -0.3 is 29.1 Å². The minimum absolute atomic E-state index is 0.131. The van der Waals surface area contributed by atoms with Crippen LogP contribution in [0.5, 0.6) is 6.01 Å². The smallest absolute Gasteiger partial charge is 0.318 e. The average Bonchev–Trinajstić information content (AvgIpc) is 3.31. The number of fused-ring (bicyclic) bond motifs is 2. The van der Waals surface area contributed by atoms with Gasteiger partial charge in [0.25, 0.3) is 0 Å². The predicted molar refractivity (Wildman–Crippen MR) is 161 cm³/mol. The van der Waals surface area contributed by atoms with Crippen LogP contribution in [-0.2, 0) is 29.0 Å². The standard InChI is InChI=1S/C32H41N7O3/c1-3-30(40)39-16-15-37(20-25(39)12-13-33)31-27-11-10-24(38-17-18-41-21-23-7-4-5-9-29(23)38)19-28(27)34-32(35-31)42-22-26-8-6-14-36(26)2/h3-5,7,9,24-26H,1,6,8,10-12,14-22H2,2H3/t24?,25-,26-/m0/s1. The molecule has 4 heterocycles. The lowest BCUT2D eigenvalue weighted by Crippen LogP contribution is -2.55. The Morgan fingerprint density at radius 2 is 2.07 bits per heavy atom. The molecule has 222 valence electrons. The van der Waals surface area contributed by atoms with Crippen molar-refractivity contribution >= 4 is 17.4 Å². The molecule has 10 nitrogen and oxygen atoms in total. The van der Waals surface area contributed by atoms with Gasteiger partial charge in [-0.15, -0.1) is 0 Å². The number of hydrogen-bond acceptors (Lipinski definition) is 9. The topological polar surface area (TPSA) is 98.1 Å². The predicted octanol–water partition coefficient (Wildman–Crippen LogP) is 2.96. The van der Waals surface area contributed by atoms with Crippen molar-refractivity contribution in [3.8, 4) is 12.1 Å². The molecule has 1 amide bonds. The summed E-state index contributed by atoms with van der Waals surface area (Å²) in [5, 5.41) is 9.53. The molecular formula is C32H41N7O3. The number of carbonyl (C=O) groups excluding carboxylic acids is 1. The number of rotatable bonds is 7. The Kier molecular flexibility index (Phi) is 8.58. The molecule has 6 rings (SSSR count). The Hall–Kier alpha value is -3.68. The third kappa shape index (κ3) is 5.81. The summed E-state index contributed by atoms with van der Waals surface area (Å²) in [5.74, 6) is 0.760. The highest BCUT2D eigenvalue weighted by Gasteiger charge is 2.35. The van der Waals surface area contributed by atoms with E-state index >= 15 is 0 Å². The molecule has 10 heteroatoms. The van der Waals surface area contributed by atoms with Crippen LogP contribution in [0.1, 0.15) is 42.5 Å². The second-order valence-corrected chi connectivity index (χ2v) is 11.8. The van der Waals surface area contributed by atoms with Gasteiger partial charge in [-0.05, 0) is 51.4 Å². The number of nitrogens with zero attached hydrogens (tertiary/aromatic N) is 7. The molecule has 4 aliphatic rings. The lowest BCUT2D eigenvalue weighted by atomic mass is 9.90. The maximum Gasteiger partial charge on any atom is 0.318 e. The molecule has 2 aromatic rings. The second-order valence-electron chi connectivity index (χ2n) is 11.8. The number of benzene rings is 1. The summed E-state index contributed by atoms with van der Waals surface area (Å²) in [4.78, 5) is 31.4. The van der Waals surface area contributed by atoms with E-state index in [0.717, 1.165) is 55.8 Å². The fourth-order valence-corrected chi connectivity index (χ4v) is 7.00. The molecule has 1 aromatic carbocycles. The van der Waals surface area contributed by atoms with Crippen molar-refractivity contribution < 1.29 is 14.3 Å². The highest BCUT2D eigenvalue weighted by atomic mass is 16.5. The second kappa shape index (κ2) is 12.7. The highest BCUT2D eigenvalue weighted by molar-refractivity contribution is 5.87. The van der Waals surface area contributed by atoms with Crippen molar-refractivity contribution in [3.63, 3.8) is 0 Å². The van der Waals surface area contributed by atoms with E-state index in [1.54, 1.807) is 4.90 Å². The zero-order valence-electron chi connectivity index (χ0n) is 24.6. The van der Waals surface area contributed by atoms with Crippen LogP contribution in [-0.4, -0.2) is 96.8 Å². The minimum Gasteiger partial charge on any atom is -0.462 e. The normalized spacial score (nSPS) is 24.4. The van der Waals surface area contributed by atoms with Gasteiger partial charge in [0.15, 0.2) is 0 Å². The fourth-order valence-electron chi connectivity index (χ4n) is 7.00. The SMILES string of the molecule is C=CC(=O)N1CCN(c2nc(OC[C@@H]3CCCN3C)nc3c2CCC(N2CCOCc4ccccc42)C3)C[C@@H]1CC#N. The summed E-state index contributed by atoms with van der Waals surface area (Å²) in [5.41, 5.74) is 4.68. The van der Waals surface area contributed by atoms with E-state index in [9.17, 15) is 10.1 Å². The largest absolute Gasteiger partial charge is 0.462 e. The van der Waals surface area contributed by atoms with Crippen LogP contribution in [0.15, 0.2) is 36.9 Å². The van der Waals surface area contributed by atoms with Crippen molar-refractivity contribution in [2.75, 3.05) is 62.8 Å². The Labute approximate surface area is 248 Å². The van der Waals surface area contributed by atoms with Crippen LogP contribution in [0.3, 0.4) is 0 Å².